The molecule has 5 nitrogen and oxygen atoms in total. The molecule has 106 valence electrons. The number of nitrogens with zero attached hydrogens (tertiary/aromatic N) is 1. The Kier molecular flexibility index (Phi) is 13.4. The fraction of sp³-hybridized carbons (Fsp3) is 0.769. The van der Waals surface area contributed by atoms with E-state index >= 15 is 0 Å². The van der Waals surface area contributed by atoms with Crippen LogP contribution in [0.3, 0.4) is 0 Å². The van der Waals surface area contributed by atoms with Crippen molar-refractivity contribution in [2.45, 2.75) is 19.8 Å². The Balaban J connectivity index is 3.07. The van der Waals surface area contributed by atoms with Crippen molar-refractivity contribution >= 4 is 6.41 Å². The zero-order chi connectivity index (χ0) is 13.5. The van der Waals surface area contributed by atoms with Gasteiger partial charge in [0.05, 0.1) is 33.0 Å². The zero-order valence-corrected chi connectivity index (χ0v) is 11.3. The van der Waals surface area contributed by atoms with E-state index in [0.717, 1.165) is 25.9 Å². The molecule has 0 saturated carbocycles. The molecule has 1 amide bonds. The molecule has 0 saturated heterocycles. The maximum absolute atomic E-state index is 10.4. The van der Waals surface area contributed by atoms with Crippen LogP contribution in [0.1, 0.15) is 19.8 Å². The Morgan fingerprint density at radius 1 is 1.00 bits per heavy atom. The molecular weight excluding hydrogens is 234 g/mol. The van der Waals surface area contributed by atoms with Gasteiger partial charge < -0.3 is 19.1 Å². The van der Waals surface area contributed by atoms with E-state index in [0.29, 0.717) is 39.6 Å². The van der Waals surface area contributed by atoms with Crippen LogP contribution in [0.15, 0.2) is 12.8 Å². The van der Waals surface area contributed by atoms with Crippen LogP contribution in [-0.2, 0) is 19.0 Å². The van der Waals surface area contributed by atoms with Crippen LogP contribution in [-0.4, -0.2) is 57.5 Å². The number of carbonyl (C=O) groups is 1. The molecule has 0 aromatic rings. The minimum atomic E-state index is 0.487. The van der Waals surface area contributed by atoms with Gasteiger partial charge in [-0.1, -0.05) is 19.9 Å². The molecule has 0 aliphatic heterocycles. The van der Waals surface area contributed by atoms with E-state index in [1.54, 1.807) is 0 Å². The van der Waals surface area contributed by atoms with E-state index in [-0.39, 0.29) is 0 Å². The normalized spacial score (nSPS) is 10.3. The van der Waals surface area contributed by atoms with Crippen molar-refractivity contribution in [3.63, 3.8) is 0 Å². The van der Waals surface area contributed by atoms with E-state index in [1.807, 2.05) is 0 Å². The molecule has 0 unspecified atom stereocenters. The second-order valence-corrected chi connectivity index (χ2v) is 3.72. The summed E-state index contributed by atoms with van der Waals surface area (Å²) < 4.78 is 16.0. The van der Waals surface area contributed by atoms with Crippen LogP contribution in [0.4, 0.5) is 0 Å². The third kappa shape index (κ3) is 11.6. The molecule has 0 aromatic heterocycles. The summed E-state index contributed by atoms with van der Waals surface area (Å²) in [5.74, 6) is 0. The topological polar surface area (TPSA) is 48.0 Å². The van der Waals surface area contributed by atoms with Crippen molar-refractivity contribution in [2.75, 3.05) is 46.2 Å². The van der Waals surface area contributed by atoms with E-state index < -0.39 is 0 Å². The lowest BCUT2D eigenvalue weighted by Crippen LogP contribution is -2.21. The van der Waals surface area contributed by atoms with Crippen molar-refractivity contribution < 1.29 is 19.0 Å². The van der Waals surface area contributed by atoms with Crippen LogP contribution >= 0.6 is 0 Å². The van der Waals surface area contributed by atoms with Crippen LogP contribution in [0, 0.1) is 0 Å². The third-order valence-corrected chi connectivity index (χ3v) is 2.25. The van der Waals surface area contributed by atoms with Gasteiger partial charge in [0.25, 0.3) is 0 Å². The van der Waals surface area contributed by atoms with Crippen molar-refractivity contribution in [2.24, 2.45) is 0 Å². The number of carbonyl (C=O) groups excluding carboxylic acids is 1. The van der Waals surface area contributed by atoms with Crippen LogP contribution in [0.25, 0.3) is 0 Å². The van der Waals surface area contributed by atoms with Gasteiger partial charge in [-0.3, -0.25) is 4.79 Å². The monoisotopic (exact) mass is 259 g/mol. The summed E-state index contributed by atoms with van der Waals surface area (Å²) in [6, 6.07) is 0. The zero-order valence-electron chi connectivity index (χ0n) is 11.3. The minimum Gasteiger partial charge on any atom is -0.379 e. The molecule has 0 rings (SSSR count). The fourth-order valence-electron chi connectivity index (χ4n) is 1.15. The van der Waals surface area contributed by atoms with Gasteiger partial charge in [0, 0.05) is 13.2 Å². The average Bonchev–Trinajstić information content (AvgIpc) is 2.40. The second-order valence-electron chi connectivity index (χ2n) is 3.72. The molecule has 0 aromatic carbocycles. The first-order valence-electron chi connectivity index (χ1n) is 6.42. The first-order valence-corrected chi connectivity index (χ1v) is 6.42. The number of rotatable bonds is 14. The van der Waals surface area contributed by atoms with Gasteiger partial charge in [-0.25, -0.2) is 0 Å². The summed E-state index contributed by atoms with van der Waals surface area (Å²) in [4.78, 5) is 11.8. The van der Waals surface area contributed by atoms with Crippen molar-refractivity contribution in [3.05, 3.63) is 12.8 Å². The highest BCUT2D eigenvalue weighted by Crippen LogP contribution is 1.88. The lowest BCUT2D eigenvalue weighted by Gasteiger charge is -2.11. The van der Waals surface area contributed by atoms with Gasteiger partial charge in [-0.15, -0.1) is 0 Å². The van der Waals surface area contributed by atoms with E-state index in [1.165, 1.54) is 11.1 Å². The van der Waals surface area contributed by atoms with Gasteiger partial charge in [0.2, 0.25) is 6.41 Å². The van der Waals surface area contributed by atoms with E-state index in [2.05, 4.69) is 13.5 Å². The molecule has 0 bridgehead atoms. The molecule has 0 N–H and O–H groups in total. The van der Waals surface area contributed by atoms with E-state index in [4.69, 9.17) is 14.2 Å². The van der Waals surface area contributed by atoms with Crippen LogP contribution in [0.2, 0.25) is 0 Å². The lowest BCUT2D eigenvalue weighted by atomic mass is 10.4. The standard InChI is InChI=1S/C13H25NO4/c1-3-5-7-16-9-11-18-12-10-17-8-6-14(4-2)13-15/h4,13H,2-3,5-12H2,1H3. The Morgan fingerprint density at radius 3 is 2.06 bits per heavy atom. The maximum atomic E-state index is 10.4. The minimum absolute atomic E-state index is 0.487. The second kappa shape index (κ2) is 14.2. The number of hydrogen-bond donors (Lipinski definition) is 0. The number of ether oxygens (including phenoxy) is 3. The van der Waals surface area contributed by atoms with Gasteiger partial charge in [-0.2, -0.15) is 0 Å². The van der Waals surface area contributed by atoms with Gasteiger partial charge in [-0.05, 0) is 12.6 Å². The van der Waals surface area contributed by atoms with Crippen molar-refractivity contribution in [1.82, 2.24) is 4.90 Å². The molecule has 0 atom stereocenters. The first-order chi connectivity index (χ1) is 8.85. The molecule has 5 heteroatoms. The van der Waals surface area contributed by atoms with Gasteiger partial charge >= 0.3 is 0 Å². The third-order valence-electron chi connectivity index (χ3n) is 2.25. The molecule has 0 aliphatic carbocycles. The maximum Gasteiger partial charge on any atom is 0.213 e. The Hall–Kier alpha value is -0.910. The van der Waals surface area contributed by atoms with Crippen molar-refractivity contribution in [1.29, 1.82) is 0 Å². The highest BCUT2D eigenvalue weighted by atomic mass is 16.5. The Labute approximate surface area is 110 Å². The first kappa shape index (κ1) is 17.1. The van der Waals surface area contributed by atoms with Crippen LogP contribution < -0.4 is 0 Å². The van der Waals surface area contributed by atoms with Crippen molar-refractivity contribution in [3.8, 4) is 0 Å². The Bertz CT molecular complexity index is 191. The van der Waals surface area contributed by atoms with Gasteiger partial charge in [0.15, 0.2) is 0 Å². The SMILES string of the molecule is C=CN(C=O)CCOCCOCCOCCCC. The number of unbranched alkanes of at least 4 members (excludes halogenated alkanes) is 1. The summed E-state index contributed by atoms with van der Waals surface area (Å²) in [7, 11) is 0. The highest BCUT2D eigenvalue weighted by molar-refractivity contribution is 5.48. The molecule has 18 heavy (non-hydrogen) atoms. The number of hydrogen-bond acceptors (Lipinski definition) is 4. The highest BCUT2D eigenvalue weighted by Gasteiger charge is 1.95. The summed E-state index contributed by atoms with van der Waals surface area (Å²) in [5, 5.41) is 0. The summed E-state index contributed by atoms with van der Waals surface area (Å²) >= 11 is 0. The lowest BCUT2D eigenvalue weighted by molar-refractivity contribution is -0.116. The molecular formula is C13H25NO4. The molecule has 0 heterocycles. The molecule has 0 fully saturated rings. The predicted molar refractivity (Wildman–Crippen MR) is 70.3 cm³/mol. The molecule has 0 spiro atoms. The van der Waals surface area contributed by atoms with E-state index in [9.17, 15) is 4.79 Å². The summed E-state index contributed by atoms with van der Waals surface area (Å²) in [6.45, 7) is 9.76. The van der Waals surface area contributed by atoms with Gasteiger partial charge in [0.1, 0.15) is 0 Å². The predicted octanol–water partition coefficient (Wildman–Crippen LogP) is 1.44. The van der Waals surface area contributed by atoms with Crippen LogP contribution in [0.5, 0.6) is 0 Å². The smallest absolute Gasteiger partial charge is 0.213 e. The average molecular weight is 259 g/mol. The largest absolute Gasteiger partial charge is 0.379 e. The fourth-order valence-corrected chi connectivity index (χ4v) is 1.15. The molecule has 0 aliphatic rings. The summed E-state index contributed by atoms with van der Waals surface area (Å²) in [6.07, 6.45) is 4.44. The quantitative estimate of drug-likeness (QED) is 0.350. The summed E-state index contributed by atoms with van der Waals surface area (Å²) in [5.41, 5.74) is 0. The molecule has 0 radical (unpaired) electrons. The number of amides is 1. The Morgan fingerprint density at radius 2 is 1.56 bits per heavy atom.